The predicted molar refractivity (Wildman–Crippen MR) is 116 cm³/mol. The van der Waals surface area contributed by atoms with Crippen molar-refractivity contribution in [2.45, 2.75) is 25.8 Å². The van der Waals surface area contributed by atoms with Crippen molar-refractivity contribution < 1.29 is 14.4 Å². The van der Waals surface area contributed by atoms with Gasteiger partial charge >= 0.3 is 0 Å². The number of rotatable bonds is 7. The number of carbonyl (C=O) groups excluding carboxylic acids is 3. The Balaban J connectivity index is 1.81. The number of carbonyl (C=O) groups is 3. The van der Waals surface area contributed by atoms with Crippen molar-refractivity contribution >= 4 is 41.2 Å². The molecule has 2 amide bonds. The number of aliphatic imine (C=N–C) groups is 1. The molecule has 1 aromatic rings. The summed E-state index contributed by atoms with van der Waals surface area (Å²) in [7, 11) is 0. The number of benzene rings is 1. The van der Waals surface area contributed by atoms with Crippen LogP contribution in [0.4, 0.5) is 5.69 Å². The van der Waals surface area contributed by atoms with Crippen LogP contribution in [0.1, 0.15) is 40.5 Å². The number of halogens is 1. The van der Waals surface area contributed by atoms with Gasteiger partial charge in [-0.3, -0.25) is 24.2 Å². The maximum atomic E-state index is 12.8. The van der Waals surface area contributed by atoms with Crippen LogP contribution >= 0.6 is 11.6 Å². The second-order valence-corrected chi connectivity index (χ2v) is 7.66. The molecule has 0 unspecified atom stereocenters. The van der Waals surface area contributed by atoms with E-state index in [1.54, 1.807) is 12.1 Å². The number of imide groups is 1. The average Bonchev–Trinajstić information content (AvgIpc) is 3.22. The van der Waals surface area contributed by atoms with Crippen LogP contribution in [0.25, 0.3) is 0 Å². The molecule has 0 aliphatic carbocycles. The summed E-state index contributed by atoms with van der Waals surface area (Å²) in [6.45, 7) is 4.14. The number of aldehydes is 1. The van der Waals surface area contributed by atoms with Crippen LogP contribution in [0, 0.1) is 0 Å². The average molecular weight is 430 g/mol. The first-order valence-electron chi connectivity index (χ1n) is 9.69. The molecular weight excluding hydrogens is 406 g/mol. The third-order valence-electron chi connectivity index (χ3n) is 5.40. The van der Waals surface area contributed by atoms with Gasteiger partial charge in [0.25, 0.3) is 11.8 Å². The number of amides is 2. The molecule has 8 nitrogen and oxygen atoms in total. The van der Waals surface area contributed by atoms with Crippen molar-refractivity contribution in [2.75, 3.05) is 19.6 Å². The molecule has 0 aromatic heterocycles. The molecule has 2 heterocycles. The Morgan fingerprint density at radius 1 is 1.27 bits per heavy atom. The lowest BCUT2D eigenvalue weighted by Gasteiger charge is -2.23. The van der Waals surface area contributed by atoms with E-state index in [4.69, 9.17) is 23.1 Å². The SMILES string of the molecule is C[C@@H]1CCCN1CCN1C(=O)c2ccc(/N=C(N)/C(C=O)=C(Cl)/C=C\N)cc2C1=O. The maximum Gasteiger partial charge on any atom is 0.261 e. The smallest absolute Gasteiger partial charge is 0.261 e. The predicted octanol–water partition coefficient (Wildman–Crippen LogP) is 1.92. The van der Waals surface area contributed by atoms with Crippen LogP contribution in [0.5, 0.6) is 0 Å². The van der Waals surface area contributed by atoms with Crippen LogP contribution in [0.3, 0.4) is 0 Å². The largest absolute Gasteiger partial charge is 0.405 e. The lowest BCUT2D eigenvalue weighted by molar-refractivity contribution is -0.104. The standard InChI is InChI=1S/C21H24ClN5O3/c1-13-3-2-8-26(13)9-10-27-20(29)15-5-4-14(11-16(15)21(27)30)25-19(24)17(12-28)18(22)6-7-23/h4-7,11-13H,2-3,8-10,23H2,1H3,(H2,24,25)/b7-6-,18-17-/t13-/m1/s1. The molecule has 0 saturated carbocycles. The van der Waals surface area contributed by atoms with Crippen LogP contribution < -0.4 is 11.5 Å². The Kier molecular flexibility index (Phi) is 6.69. The summed E-state index contributed by atoms with van der Waals surface area (Å²) in [5.74, 6) is -0.785. The van der Waals surface area contributed by atoms with E-state index in [9.17, 15) is 14.4 Å². The van der Waals surface area contributed by atoms with Gasteiger partial charge in [0.1, 0.15) is 5.84 Å². The van der Waals surface area contributed by atoms with Crippen molar-refractivity contribution in [3.05, 3.63) is 52.2 Å². The number of hydrogen-bond donors (Lipinski definition) is 2. The molecule has 9 heteroatoms. The molecule has 1 aromatic carbocycles. The minimum atomic E-state index is -0.354. The number of nitrogens with two attached hydrogens (primary N) is 2. The topological polar surface area (TPSA) is 122 Å². The molecule has 158 valence electrons. The maximum absolute atomic E-state index is 12.8. The second-order valence-electron chi connectivity index (χ2n) is 7.25. The fourth-order valence-electron chi connectivity index (χ4n) is 3.72. The molecule has 1 fully saturated rings. The van der Waals surface area contributed by atoms with Crippen molar-refractivity contribution in [3.8, 4) is 0 Å². The Bertz CT molecular complexity index is 969. The zero-order valence-electron chi connectivity index (χ0n) is 16.7. The van der Waals surface area contributed by atoms with E-state index in [1.807, 2.05) is 0 Å². The van der Waals surface area contributed by atoms with Gasteiger partial charge in [-0.15, -0.1) is 0 Å². The highest BCUT2D eigenvalue weighted by molar-refractivity contribution is 6.36. The monoisotopic (exact) mass is 429 g/mol. The minimum Gasteiger partial charge on any atom is -0.405 e. The van der Waals surface area contributed by atoms with Gasteiger partial charge in [0.05, 0.1) is 27.4 Å². The fourth-order valence-corrected chi connectivity index (χ4v) is 3.93. The summed E-state index contributed by atoms with van der Waals surface area (Å²) in [6, 6.07) is 5.07. The molecular formula is C21H24ClN5O3. The van der Waals surface area contributed by atoms with Crippen LogP contribution in [-0.2, 0) is 4.79 Å². The number of allylic oxidation sites excluding steroid dienone is 2. The number of fused-ring (bicyclic) bond motifs is 1. The van der Waals surface area contributed by atoms with Crippen molar-refractivity contribution in [1.82, 2.24) is 9.80 Å². The van der Waals surface area contributed by atoms with Crippen LogP contribution in [0.15, 0.2) is 46.1 Å². The van der Waals surface area contributed by atoms with Crippen molar-refractivity contribution in [3.63, 3.8) is 0 Å². The Hall–Kier alpha value is -2.97. The van der Waals surface area contributed by atoms with E-state index in [0.717, 1.165) is 19.4 Å². The zero-order chi connectivity index (χ0) is 21.8. The summed E-state index contributed by atoms with van der Waals surface area (Å²) in [4.78, 5) is 44.5. The van der Waals surface area contributed by atoms with Gasteiger partial charge in [-0.25, -0.2) is 4.99 Å². The molecule has 3 rings (SSSR count). The molecule has 0 spiro atoms. The normalized spacial score (nSPS) is 20.8. The van der Waals surface area contributed by atoms with Gasteiger partial charge in [-0.1, -0.05) is 11.6 Å². The molecule has 0 radical (unpaired) electrons. The Labute approximate surface area is 179 Å². The lowest BCUT2D eigenvalue weighted by Crippen LogP contribution is -2.39. The summed E-state index contributed by atoms with van der Waals surface area (Å²) in [5, 5.41) is 0.0449. The van der Waals surface area contributed by atoms with E-state index >= 15 is 0 Å². The number of likely N-dealkylation sites (tertiary alicyclic amines) is 1. The second kappa shape index (κ2) is 9.23. The summed E-state index contributed by atoms with van der Waals surface area (Å²) in [6.07, 6.45) is 5.24. The van der Waals surface area contributed by atoms with E-state index < -0.39 is 0 Å². The highest BCUT2D eigenvalue weighted by Gasteiger charge is 2.36. The molecule has 4 N–H and O–H groups in total. The first kappa shape index (κ1) is 21.7. The van der Waals surface area contributed by atoms with Crippen molar-refractivity contribution in [2.24, 2.45) is 16.5 Å². The van der Waals surface area contributed by atoms with Gasteiger partial charge in [-0.05, 0) is 56.8 Å². The third kappa shape index (κ3) is 4.29. The molecule has 0 bridgehead atoms. The molecule has 2 aliphatic rings. The third-order valence-corrected chi connectivity index (χ3v) is 5.73. The van der Waals surface area contributed by atoms with Gasteiger partial charge in [0.15, 0.2) is 6.29 Å². The number of amidine groups is 1. The molecule has 2 aliphatic heterocycles. The van der Waals surface area contributed by atoms with Gasteiger partial charge < -0.3 is 11.5 Å². The quantitative estimate of drug-likeness (QED) is 0.170. The van der Waals surface area contributed by atoms with E-state index in [2.05, 4.69) is 16.8 Å². The van der Waals surface area contributed by atoms with E-state index in [0.29, 0.717) is 36.7 Å². The van der Waals surface area contributed by atoms with E-state index in [-0.39, 0.29) is 33.8 Å². The number of hydrogen-bond acceptors (Lipinski definition) is 6. The van der Waals surface area contributed by atoms with Gasteiger partial charge in [-0.2, -0.15) is 0 Å². The first-order valence-corrected chi connectivity index (χ1v) is 10.1. The molecule has 1 atom stereocenters. The zero-order valence-corrected chi connectivity index (χ0v) is 17.4. The van der Waals surface area contributed by atoms with Gasteiger partial charge in [0.2, 0.25) is 0 Å². The first-order chi connectivity index (χ1) is 14.4. The molecule has 1 saturated heterocycles. The van der Waals surface area contributed by atoms with E-state index in [1.165, 1.54) is 23.2 Å². The summed E-state index contributed by atoms with van der Waals surface area (Å²) in [5.41, 5.74) is 12.1. The van der Waals surface area contributed by atoms with Crippen LogP contribution in [0.2, 0.25) is 0 Å². The number of nitrogens with zero attached hydrogens (tertiary/aromatic N) is 3. The Morgan fingerprint density at radius 2 is 2.00 bits per heavy atom. The summed E-state index contributed by atoms with van der Waals surface area (Å²) < 4.78 is 0. The highest BCUT2D eigenvalue weighted by atomic mass is 35.5. The van der Waals surface area contributed by atoms with Gasteiger partial charge in [0, 0.05) is 19.1 Å². The summed E-state index contributed by atoms with van der Waals surface area (Å²) >= 11 is 5.97. The van der Waals surface area contributed by atoms with Crippen molar-refractivity contribution in [1.29, 1.82) is 0 Å². The fraction of sp³-hybridized carbons (Fsp3) is 0.333. The highest BCUT2D eigenvalue weighted by Crippen LogP contribution is 2.28. The molecule has 30 heavy (non-hydrogen) atoms. The van der Waals surface area contributed by atoms with Crippen LogP contribution in [-0.4, -0.2) is 59.4 Å². The Morgan fingerprint density at radius 3 is 2.63 bits per heavy atom. The minimum absolute atomic E-state index is 0.0253. The lowest BCUT2D eigenvalue weighted by atomic mass is 10.1.